The number of nitrogens with zero attached hydrogens (tertiary/aromatic N) is 3. The Morgan fingerprint density at radius 2 is 2.27 bits per heavy atom. The lowest BCUT2D eigenvalue weighted by Crippen LogP contribution is -2.36. The molecule has 0 bridgehead atoms. The van der Waals surface area contributed by atoms with Crippen LogP contribution in [0.3, 0.4) is 0 Å². The van der Waals surface area contributed by atoms with E-state index >= 15 is 0 Å². The van der Waals surface area contributed by atoms with Gasteiger partial charge in [0.1, 0.15) is 0 Å². The number of aromatic nitrogens is 2. The quantitative estimate of drug-likeness (QED) is 0.619. The highest BCUT2D eigenvalue weighted by molar-refractivity contribution is 4.95. The zero-order valence-corrected chi connectivity index (χ0v) is 6.40. The van der Waals surface area contributed by atoms with Crippen molar-refractivity contribution in [3.05, 3.63) is 24.3 Å². The second-order valence-electron chi connectivity index (χ2n) is 2.83. The lowest BCUT2D eigenvalue weighted by Gasteiger charge is -2.29. The van der Waals surface area contributed by atoms with Crippen molar-refractivity contribution in [2.24, 2.45) is 0 Å². The molecule has 0 radical (unpaired) electrons. The molecule has 0 unspecified atom stereocenters. The first-order chi connectivity index (χ1) is 5.45. The second-order valence-corrected chi connectivity index (χ2v) is 2.83. The molecule has 2 heterocycles. The van der Waals surface area contributed by atoms with Crippen molar-refractivity contribution in [2.75, 3.05) is 13.1 Å². The van der Waals surface area contributed by atoms with Crippen LogP contribution in [-0.2, 0) is 6.54 Å². The summed E-state index contributed by atoms with van der Waals surface area (Å²) in [5.74, 6) is 0. The largest absolute Gasteiger partial charge is 0.297 e. The summed E-state index contributed by atoms with van der Waals surface area (Å²) in [5, 5.41) is 0. The van der Waals surface area contributed by atoms with E-state index in [1.165, 1.54) is 19.5 Å². The fourth-order valence-corrected chi connectivity index (χ4v) is 1.18. The normalized spacial score (nSPS) is 17.8. The van der Waals surface area contributed by atoms with Gasteiger partial charge in [0.25, 0.3) is 0 Å². The van der Waals surface area contributed by atoms with Gasteiger partial charge in [0.15, 0.2) is 0 Å². The van der Waals surface area contributed by atoms with Crippen LogP contribution in [0.1, 0.15) is 12.1 Å². The van der Waals surface area contributed by atoms with Gasteiger partial charge in [-0.15, -0.1) is 0 Å². The smallest absolute Gasteiger partial charge is 0.0726 e. The molecule has 0 atom stereocenters. The first-order valence-corrected chi connectivity index (χ1v) is 3.92. The van der Waals surface area contributed by atoms with E-state index in [1.807, 2.05) is 6.20 Å². The van der Waals surface area contributed by atoms with E-state index in [4.69, 9.17) is 0 Å². The Morgan fingerprint density at radius 3 is 2.82 bits per heavy atom. The van der Waals surface area contributed by atoms with E-state index in [9.17, 15) is 0 Å². The molecule has 1 aliphatic heterocycles. The SMILES string of the molecule is c1cnc(CN2CCC2)cn1. The van der Waals surface area contributed by atoms with Crippen molar-refractivity contribution in [3.63, 3.8) is 0 Å². The fraction of sp³-hybridized carbons (Fsp3) is 0.500. The minimum absolute atomic E-state index is 0.966. The summed E-state index contributed by atoms with van der Waals surface area (Å²) in [4.78, 5) is 10.6. The Balaban J connectivity index is 1.95. The minimum Gasteiger partial charge on any atom is -0.297 e. The van der Waals surface area contributed by atoms with E-state index in [1.54, 1.807) is 12.4 Å². The molecule has 0 aromatic carbocycles. The zero-order valence-electron chi connectivity index (χ0n) is 6.40. The molecule has 0 N–H and O–H groups in total. The van der Waals surface area contributed by atoms with Crippen LogP contribution in [0, 0.1) is 0 Å². The maximum atomic E-state index is 4.20. The molecular formula is C8H11N3. The molecular weight excluding hydrogens is 138 g/mol. The van der Waals surface area contributed by atoms with Crippen LogP contribution in [-0.4, -0.2) is 28.0 Å². The Bertz CT molecular complexity index is 218. The molecule has 0 spiro atoms. The van der Waals surface area contributed by atoms with Gasteiger partial charge in [-0.2, -0.15) is 0 Å². The van der Waals surface area contributed by atoms with Crippen molar-refractivity contribution < 1.29 is 0 Å². The van der Waals surface area contributed by atoms with Gasteiger partial charge in [-0.1, -0.05) is 0 Å². The third kappa shape index (κ3) is 1.54. The highest BCUT2D eigenvalue weighted by Crippen LogP contribution is 2.08. The molecule has 1 aliphatic rings. The van der Waals surface area contributed by atoms with Crippen LogP contribution >= 0.6 is 0 Å². The molecule has 11 heavy (non-hydrogen) atoms. The molecule has 3 heteroatoms. The third-order valence-corrected chi connectivity index (χ3v) is 1.95. The molecule has 0 saturated carbocycles. The molecule has 0 amide bonds. The maximum absolute atomic E-state index is 4.20. The van der Waals surface area contributed by atoms with Crippen LogP contribution in [0.2, 0.25) is 0 Å². The average molecular weight is 149 g/mol. The van der Waals surface area contributed by atoms with Crippen molar-refractivity contribution in [2.45, 2.75) is 13.0 Å². The predicted molar refractivity (Wildman–Crippen MR) is 41.9 cm³/mol. The first-order valence-electron chi connectivity index (χ1n) is 3.92. The summed E-state index contributed by atoms with van der Waals surface area (Å²) in [6.07, 6.45) is 6.62. The van der Waals surface area contributed by atoms with Crippen LogP contribution in [0.15, 0.2) is 18.6 Å². The van der Waals surface area contributed by atoms with E-state index in [2.05, 4.69) is 14.9 Å². The van der Waals surface area contributed by atoms with E-state index in [0.717, 1.165) is 12.2 Å². The lowest BCUT2D eigenvalue weighted by atomic mass is 10.2. The van der Waals surface area contributed by atoms with E-state index in [0.29, 0.717) is 0 Å². The van der Waals surface area contributed by atoms with Crippen LogP contribution in [0.4, 0.5) is 0 Å². The highest BCUT2D eigenvalue weighted by atomic mass is 15.2. The summed E-state index contributed by atoms with van der Waals surface area (Å²) in [7, 11) is 0. The van der Waals surface area contributed by atoms with Crippen LogP contribution < -0.4 is 0 Å². The highest BCUT2D eigenvalue weighted by Gasteiger charge is 2.13. The number of hydrogen-bond acceptors (Lipinski definition) is 3. The molecule has 1 aromatic rings. The second kappa shape index (κ2) is 2.96. The van der Waals surface area contributed by atoms with E-state index < -0.39 is 0 Å². The van der Waals surface area contributed by atoms with Gasteiger partial charge in [0.2, 0.25) is 0 Å². The molecule has 1 fully saturated rings. The minimum atomic E-state index is 0.966. The van der Waals surface area contributed by atoms with Gasteiger partial charge in [0.05, 0.1) is 5.69 Å². The number of hydrogen-bond donors (Lipinski definition) is 0. The van der Waals surface area contributed by atoms with Gasteiger partial charge in [-0.3, -0.25) is 14.9 Å². The fourth-order valence-electron chi connectivity index (χ4n) is 1.18. The first kappa shape index (κ1) is 6.73. The Kier molecular flexibility index (Phi) is 1.81. The van der Waals surface area contributed by atoms with Crippen LogP contribution in [0.25, 0.3) is 0 Å². The topological polar surface area (TPSA) is 29.0 Å². The number of likely N-dealkylation sites (tertiary alicyclic amines) is 1. The molecule has 3 nitrogen and oxygen atoms in total. The monoisotopic (exact) mass is 149 g/mol. The summed E-state index contributed by atoms with van der Waals surface area (Å²) in [6.45, 7) is 3.40. The van der Waals surface area contributed by atoms with Crippen LogP contribution in [0.5, 0.6) is 0 Å². The molecule has 0 aliphatic carbocycles. The summed E-state index contributed by atoms with van der Waals surface area (Å²) < 4.78 is 0. The maximum Gasteiger partial charge on any atom is 0.0726 e. The Morgan fingerprint density at radius 1 is 1.36 bits per heavy atom. The standard InChI is InChI=1S/C8H11N3/c1-4-11(5-1)7-8-6-9-2-3-10-8/h2-3,6H,1,4-5,7H2. The van der Waals surface area contributed by atoms with Gasteiger partial charge in [0, 0.05) is 25.1 Å². The molecule has 1 saturated heterocycles. The third-order valence-electron chi connectivity index (χ3n) is 1.95. The van der Waals surface area contributed by atoms with Crippen molar-refractivity contribution in [1.82, 2.24) is 14.9 Å². The number of rotatable bonds is 2. The summed E-state index contributed by atoms with van der Waals surface area (Å²) in [6, 6.07) is 0. The molecule has 2 rings (SSSR count). The predicted octanol–water partition coefficient (Wildman–Crippen LogP) is 0.682. The summed E-state index contributed by atoms with van der Waals surface area (Å²) in [5.41, 5.74) is 1.08. The van der Waals surface area contributed by atoms with Gasteiger partial charge in [-0.25, -0.2) is 0 Å². The van der Waals surface area contributed by atoms with Gasteiger partial charge in [-0.05, 0) is 19.5 Å². The van der Waals surface area contributed by atoms with Crippen molar-refractivity contribution >= 4 is 0 Å². The Labute approximate surface area is 66.1 Å². The van der Waals surface area contributed by atoms with E-state index in [-0.39, 0.29) is 0 Å². The van der Waals surface area contributed by atoms with Crippen molar-refractivity contribution in [1.29, 1.82) is 0 Å². The summed E-state index contributed by atoms with van der Waals surface area (Å²) >= 11 is 0. The molecule has 1 aromatic heterocycles. The zero-order chi connectivity index (χ0) is 7.52. The average Bonchev–Trinajstić information content (AvgIpc) is 1.99. The molecule has 58 valence electrons. The Hall–Kier alpha value is -0.960. The van der Waals surface area contributed by atoms with Gasteiger partial charge >= 0.3 is 0 Å². The lowest BCUT2D eigenvalue weighted by molar-refractivity contribution is 0.170. The van der Waals surface area contributed by atoms with Crippen molar-refractivity contribution in [3.8, 4) is 0 Å². The van der Waals surface area contributed by atoms with Gasteiger partial charge < -0.3 is 0 Å².